The van der Waals surface area contributed by atoms with Crippen molar-refractivity contribution in [2.75, 3.05) is 18.8 Å². The second-order valence-electron chi connectivity index (χ2n) is 6.66. The van der Waals surface area contributed by atoms with Crippen LogP contribution in [0, 0.1) is 13.8 Å². The minimum Gasteiger partial charge on any atom is -0.449 e. The maximum Gasteiger partial charge on any atom is 0.338 e. The number of ether oxygens (including phenoxy) is 1. The molecule has 1 N–H and O–H groups in total. The van der Waals surface area contributed by atoms with E-state index in [1.165, 1.54) is 36.1 Å². The summed E-state index contributed by atoms with van der Waals surface area (Å²) in [5.41, 5.74) is 2.47. The number of rotatable bonds is 6. The number of likely N-dealkylation sites (N-methyl/N-ethyl adjacent to an activating group) is 1. The number of carbonyl (C=O) groups is 2. The molecule has 1 atom stereocenters. The van der Waals surface area contributed by atoms with Crippen LogP contribution in [0.5, 0.6) is 0 Å². The Morgan fingerprint density at radius 2 is 1.64 bits per heavy atom. The van der Waals surface area contributed by atoms with Gasteiger partial charge in [0.15, 0.2) is 6.10 Å². The number of nitrogens with zero attached hydrogens (tertiary/aromatic N) is 1. The minimum atomic E-state index is -3.81. The molecule has 8 heteroatoms. The van der Waals surface area contributed by atoms with E-state index in [0.717, 1.165) is 11.1 Å². The van der Waals surface area contributed by atoms with Crippen LogP contribution < -0.4 is 4.72 Å². The van der Waals surface area contributed by atoms with Gasteiger partial charge in [-0.3, -0.25) is 9.52 Å². The Morgan fingerprint density at radius 3 is 2.21 bits per heavy atom. The summed E-state index contributed by atoms with van der Waals surface area (Å²) >= 11 is 0. The number of amides is 1. The summed E-state index contributed by atoms with van der Waals surface area (Å²) in [6.07, 6.45) is -0.933. The molecule has 0 fully saturated rings. The van der Waals surface area contributed by atoms with Gasteiger partial charge in [0.05, 0.1) is 16.1 Å². The van der Waals surface area contributed by atoms with E-state index in [2.05, 4.69) is 4.72 Å². The Bertz CT molecular complexity index is 982. The molecule has 28 heavy (non-hydrogen) atoms. The Labute approximate surface area is 165 Å². The zero-order valence-electron chi connectivity index (χ0n) is 16.5. The maximum atomic E-state index is 12.6. The molecule has 2 aromatic carbocycles. The minimum absolute atomic E-state index is 0.0161. The zero-order chi connectivity index (χ0) is 21.1. The first-order valence-corrected chi connectivity index (χ1v) is 10.1. The lowest BCUT2D eigenvalue weighted by molar-refractivity contribution is -0.137. The third-order valence-corrected chi connectivity index (χ3v) is 5.70. The van der Waals surface area contributed by atoms with E-state index in [-0.39, 0.29) is 16.4 Å². The van der Waals surface area contributed by atoms with Crippen molar-refractivity contribution < 1.29 is 22.7 Å². The van der Waals surface area contributed by atoms with Gasteiger partial charge in [0.25, 0.3) is 15.9 Å². The fraction of sp³-hybridized carbons (Fsp3) is 0.300. The zero-order valence-corrected chi connectivity index (χ0v) is 17.3. The van der Waals surface area contributed by atoms with Crippen LogP contribution in [0.1, 0.15) is 28.4 Å². The van der Waals surface area contributed by atoms with Gasteiger partial charge in [-0.2, -0.15) is 0 Å². The summed E-state index contributed by atoms with van der Waals surface area (Å²) in [5.74, 6) is -1.04. The van der Waals surface area contributed by atoms with Gasteiger partial charge < -0.3 is 9.64 Å². The number of sulfonamides is 1. The summed E-state index contributed by atoms with van der Waals surface area (Å²) in [6, 6.07) is 10.7. The number of benzene rings is 2. The molecular weight excluding hydrogens is 380 g/mol. The molecule has 0 bridgehead atoms. The molecule has 0 aliphatic heterocycles. The molecule has 1 amide bonds. The Hall–Kier alpha value is -2.87. The average molecular weight is 404 g/mol. The summed E-state index contributed by atoms with van der Waals surface area (Å²) < 4.78 is 32.9. The van der Waals surface area contributed by atoms with E-state index >= 15 is 0 Å². The fourth-order valence-electron chi connectivity index (χ4n) is 2.48. The summed E-state index contributed by atoms with van der Waals surface area (Å²) in [6.45, 7) is 5.21. The molecule has 2 aromatic rings. The Morgan fingerprint density at radius 1 is 1.04 bits per heavy atom. The van der Waals surface area contributed by atoms with Gasteiger partial charge in [0.2, 0.25) is 0 Å². The highest BCUT2D eigenvalue weighted by atomic mass is 32.2. The third kappa shape index (κ3) is 4.89. The van der Waals surface area contributed by atoms with Crippen LogP contribution in [-0.2, 0) is 19.6 Å². The molecule has 2 rings (SSSR count). The standard InChI is InChI=1S/C20H24N2O5S/c1-13-7-6-8-18(14(13)2)21-28(25,26)17-11-9-16(10-12-17)20(24)27-15(3)19(23)22(4)5/h6-12,15,21H,1-5H3/t15-/m0/s1. The predicted molar refractivity (Wildman–Crippen MR) is 107 cm³/mol. The van der Waals surface area contributed by atoms with Gasteiger partial charge in [-0.05, 0) is 62.2 Å². The van der Waals surface area contributed by atoms with E-state index in [4.69, 9.17) is 4.74 Å². The van der Waals surface area contributed by atoms with E-state index < -0.39 is 22.1 Å². The van der Waals surface area contributed by atoms with Crippen molar-refractivity contribution in [1.82, 2.24) is 4.90 Å². The molecule has 0 aliphatic carbocycles. The van der Waals surface area contributed by atoms with E-state index in [1.54, 1.807) is 26.2 Å². The van der Waals surface area contributed by atoms with Crippen LogP contribution in [-0.4, -0.2) is 45.4 Å². The number of hydrogen-bond donors (Lipinski definition) is 1. The molecule has 7 nitrogen and oxygen atoms in total. The number of aryl methyl sites for hydroxylation is 1. The largest absolute Gasteiger partial charge is 0.449 e. The van der Waals surface area contributed by atoms with Crippen LogP contribution in [0.3, 0.4) is 0 Å². The van der Waals surface area contributed by atoms with Gasteiger partial charge in [0.1, 0.15) is 0 Å². The second-order valence-corrected chi connectivity index (χ2v) is 8.34. The van der Waals surface area contributed by atoms with Crippen molar-refractivity contribution in [1.29, 1.82) is 0 Å². The van der Waals surface area contributed by atoms with Crippen LogP contribution in [0.4, 0.5) is 5.69 Å². The monoisotopic (exact) mass is 404 g/mol. The van der Waals surface area contributed by atoms with Crippen molar-refractivity contribution in [3.8, 4) is 0 Å². The van der Waals surface area contributed by atoms with E-state index in [1.807, 2.05) is 19.9 Å². The van der Waals surface area contributed by atoms with Crippen molar-refractivity contribution in [3.05, 3.63) is 59.2 Å². The third-order valence-electron chi connectivity index (χ3n) is 4.32. The molecular formula is C20H24N2O5S. The van der Waals surface area contributed by atoms with Crippen LogP contribution in [0.15, 0.2) is 47.4 Å². The van der Waals surface area contributed by atoms with Crippen molar-refractivity contribution in [2.24, 2.45) is 0 Å². The highest BCUT2D eigenvalue weighted by molar-refractivity contribution is 7.92. The first kappa shape index (κ1) is 21.4. The van der Waals surface area contributed by atoms with Crippen molar-refractivity contribution >= 4 is 27.6 Å². The lowest BCUT2D eigenvalue weighted by Gasteiger charge is -2.17. The Kier molecular flexibility index (Phi) is 6.45. The fourth-order valence-corrected chi connectivity index (χ4v) is 3.60. The highest BCUT2D eigenvalue weighted by Crippen LogP contribution is 2.22. The molecule has 0 unspecified atom stereocenters. The van der Waals surface area contributed by atoms with Gasteiger partial charge in [-0.1, -0.05) is 12.1 Å². The van der Waals surface area contributed by atoms with Crippen LogP contribution in [0.25, 0.3) is 0 Å². The van der Waals surface area contributed by atoms with Crippen LogP contribution in [0.2, 0.25) is 0 Å². The molecule has 0 heterocycles. The highest BCUT2D eigenvalue weighted by Gasteiger charge is 2.21. The lowest BCUT2D eigenvalue weighted by Crippen LogP contribution is -2.34. The summed E-state index contributed by atoms with van der Waals surface area (Å²) in [5, 5.41) is 0. The number of carbonyl (C=O) groups excluding carboxylic acids is 2. The predicted octanol–water partition coefficient (Wildman–Crippen LogP) is 2.74. The normalized spacial score (nSPS) is 12.2. The van der Waals surface area contributed by atoms with E-state index in [0.29, 0.717) is 5.69 Å². The van der Waals surface area contributed by atoms with Crippen LogP contribution >= 0.6 is 0 Å². The molecule has 0 spiro atoms. The number of anilines is 1. The maximum absolute atomic E-state index is 12.6. The first-order chi connectivity index (χ1) is 13.0. The smallest absolute Gasteiger partial charge is 0.338 e. The topological polar surface area (TPSA) is 92.8 Å². The molecule has 0 saturated heterocycles. The number of esters is 1. The lowest BCUT2D eigenvalue weighted by atomic mass is 10.1. The van der Waals surface area contributed by atoms with Crippen molar-refractivity contribution in [2.45, 2.75) is 31.8 Å². The average Bonchev–Trinajstić information content (AvgIpc) is 2.64. The first-order valence-electron chi connectivity index (χ1n) is 8.64. The quantitative estimate of drug-likeness (QED) is 0.748. The summed E-state index contributed by atoms with van der Waals surface area (Å²) in [7, 11) is -0.676. The van der Waals surface area contributed by atoms with Gasteiger partial charge in [-0.25, -0.2) is 13.2 Å². The number of nitrogens with one attached hydrogen (secondary N) is 1. The molecule has 0 aliphatic rings. The van der Waals surface area contributed by atoms with Crippen molar-refractivity contribution in [3.63, 3.8) is 0 Å². The number of hydrogen-bond acceptors (Lipinski definition) is 5. The molecule has 150 valence electrons. The second kappa shape index (κ2) is 8.43. The van der Waals surface area contributed by atoms with Gasteiger partial charge in [0, 0.05) is 14.1 Å². The summed E-state index contributed by atoms with van der Waals surface area (Å²) in [4.78, 5) is 25.3. The molecule has 0 saturated carbocycles. The van der Waals surface area contributed by atoms with Gasteiger partial charge in [-0.15, -0.1) is 0 Å². The molecule has 0 aromatic heterocycles. The molecule has 0 radical (unpaired) electrons. The van der Waals surface area contributed by atoms with Gasteiger partial charge >= 0.3 is 5.97 Å². The SMILES string of the molecule is Cc1cccc(NS(=O)(=O)c2ccc(C(=O)O[C@@H](C)C(=O)N(C)C)cc2)c1C. The van der Waals surface area contributed by atoms with E-state index in [9.17, 15) is 18.0 Å². The Balaban J connectivity index is 2.15.